The number of carbonyl (C=O) groups is 1. The van der Waals surface area contributed by atoms with Crippen molar-refractivity contribution in [2.45, 2.75) is 33.4 Å². The maximum atomic E-state index is 12.3. The van der Waals surface area contributed by atoms with E-state index < -0.39 is 6.04 Å². The van der Waals surface area contributed by atoms with Crippen LogP contribution in [-0.4, -0.2) is 28.9 Å². The maximum absolute atomic E-state index is 12.3. The van der Waals surface area contributed by atoms with Gasteiger partial charge in [0, 0.05) is 7.05 Å². The van der Waals surface area contributed by atoms with E-state index in [4.69, 9.17) is 5.73 Å². The lowest BCUT2D eigenvalue weighted by atomic mass is 9.86. The van der Waals surface area contributed by atoms with Crippen LogP contribution in [0.1, 0.15) is 25.8 Å². The van der Waals surface area contributed by atoms with Crippen molar-refractivity contribution in [2.24, 2.45) is 11.1 Å². The Kier molecular flexibility index (Phi) is 4.11. The van der Waals surface area contributed by atoms with Gasteiger partial charge in [0.15, 0.2) is 0 Å². The molecule has 0 unspecified atom stereocenters. The molecule has 0 aliphatic heterocycles. The minimum atomic E-state index is -0.498. The fourth-order valence-corrected chi connectivity index (χ4v) is 2.90. The molecule has 0 fully saturated rings. The summed E-state index contributed by atoms with van der Waals surface area (Å²) in [5.41, 5.74) is 6.76. The topological polar surface area (TPSA) is 59.2 Å². The zero-order valence-corrected chi connectivity index (χ0v) is 13.2. The van der Waals surface area contributed by atoms with Gasteiger partial charge in [-0.2, -0.15) is 0 Å². The molecule has 0 aliphatic rings. The number of para-hydroxylation sites is 1. The number of hydrogen-bond donors (Lipinski definition) is 1. The first-order valence-corrected chi connectivity index (χ1v) is 7.45. The minimum absolute atomic E-state index is 0.0447. The van der Waals surface area contributed by atoms with Crippen molar-refractivity contribution >= 4 is 27.5 Å². The molecule has 0 aliphatic carbocycles. The van der Waals surface area contributed by atoms with Crippen LogP contribution in [0.15, 0.2) is 24.3 Å². The number of hydrogen-bond acceptors (Lipinski definition) is 4. The average Bonchev–Trinajstić information content (AvgIpc) is 2.77. The van der Waals surface area contributed by atoms with Crippen molar-refractivity contribution in [1.82, 2.24) is 9.88 Å². The predicted molar refractivity (Wildman–Crippen MR) is 83.5 cm³/mol. The first-order valence-electron chi connectivity index (χ1n) is 6.64. The first kappa shape index (κ1) is 14.9. The molecule has 0 radical (unpaired) electrons. The van der Waals surface area contributed by atoms with Crippen LogP contribution in [-0.2, 0) is 11.3 Å². The molecule has 108 valence electrons. The van der Waals surface area contributed by atoms with Crippen LogP contribution in [0.2, 0.25) is 0 Å². The molecule has 20 heavy (non-hydrogen) atoms. The highest BCUT2D eigenvalue weighted by atomic mass is 32.1. The number of aromatic nitrogens is 1. The second-order valence-corrected chi connectivity index (χ2v) is 7.23. The molecule has 1 amide bonds. The van der Waals surface area contributed by atoms with Crippen molar-refractivity contribution in [3.8, 4) is 0 Å². The zero-order valence-electron chi connectivity index (χ0n) is 12.4. The van der Waals surface area contributed by atoms with E-state index in [2.05, 4.69) is 4.98 Å². The molecule has 2 rings (SSSR count). The molecule has 0 bridgehead atoms. The third-order valence-electron chi connectivity index (χ3n) is 3.29. The van der Waals surface area contributed by atoms with Gasteiger partial charge in [-0.1, -0.05) is 32.9 Å². The Balaban J connectivity index is 2.11. The van der Waals surface area contributed by atoms with Gasteiger partial charge < -0.3 is 10.6 Å². The molecule has 0 saturated heterocycles. The van der Waals surface area contributed by atoms with Crippen molar-refractivity contribution in [1.29, 1.82) is 0 Å². The molecule has 0 spiro atoms. The second kappa shape index (κ2) is 5.50. The molecule has 1 atom stereocenters. The van der Waals surface area contributed by atoms with Crippen molar-refractivity contribution in [3.63, 3.8) is 0 Å². The Labute approximate surface area is 123 Å². The van der Waals surface area contributed by atoms with E-state index in [1.165, 1.54) is 0 Å². The number of thiazole rings is 1. The van der Waals surface area contributed by atoms with E-state index in [1.54, 1.807) is 23.3 Å². The number of nitrogens with zero attached hydrogens (tertiary/aromatic N) is 2. The molecule has 2 N–H and O–H groups in total. The number of rotatable bonds is 3. The van der Waals surface area contributed by atoms with Gasteiger partial charge in [-0.05, 0) is 17.5 Å². The number of amides is 1. The molecular formula is C15H21N3OS. The normalized spacial score (nSPS) is 13.4. The highest BCUT2D eigenvalue weighted by molar-refractivity contribution is 7.18. The smallest absolute Gasteiger partial charge is 0.240 e. The summed E-state index contributed by atoms with van der Waals surface area (Å²) < 4.78 is 1.14. The summed E-state index contributed by atoms with van der Waals surface area (Å²) in [6.07, 6.45) is 0. The molecule has 1 heterocycles. The van der Waals surface area contributed by atoms with Gasteiger partial charge in [0.1, 0.15) is 5.01 Å². The summed E-state index contributed by atoms with van der Waals surface area (Å²) in [6.45, 7) is 6.42. The summed E-state index contributed by atoms with van der Waals surface area (Å²) in [5, 5.41) is 0.933. The van der Waals surface area contributed by atoms with Gasteiger partial charge in [-0.3, -0.25) is 4.79 Å². The standard InChI is InChI=1S/C15H21N3OS/c1-15(2,3)13(16)14(19)18(4)9-12-17-10-7-5-6-8-11(10)20-12/h5-8,13H,9,16H2,1-4H3/t13-/m1/s1. The van der Waals surface area contributed by atoms with Crippen LogP contribution in [0.4, 0.5) is 0 Å². The fourth-order valence-electron chi connectivity index (χ4n) is 1.88. The predicted octanol–water partition coefficient (Wildman–Crippen LogP) is 2.63. The SMILES string of the molecule is CN(Cc1nc2ccccc2s1)C(=O)[C@@H](N)C(C)(C)C. The van der Waals surface area contributed by atoms with Crippen LogP contribution < -0.4 is 5.73 Å². The van der Waals surface area contributed by atoms with Gasteiger partial charge in [0.2, 0.25) is 5.91 Å². The van der Waals surface area contributed by atoms with Crippen LogP contribution in [0.25, 0.3) is 10.2 Å². The van der Waals surface area contributed by atoms with E-state index in [9.17, 15) is 4.79 Å². The molecule has 5 heteroatoms. The van der Waals surface area contributed by atoms with Crippen LogP contribution in [0.5, 0.6) is 0 Å². The third-order valence-corrected chi connectivity index (χ3v) is 4.31. The Morgan fingerprint density at radius 1 is 1.40 bits per heavy atom. The average molecular weight is 291 g/mol. The van der Waals surface area contributed by atoms with E-state index in [1.807, 2.05) is 45.0 Å². The second-order valence-electron chi connectivity index (χ2n) is 6.11. The highest BCUT2D eigenvalue weighted by Crippen LogP contribution is 2.23. The molecule has 1 aromatic heterocycles. The van der Waals surface area contributed by atoms with Gasteiger partial charge in [0.25, 0.3) is 0 Å². The molecule has 2 aromatic rings. The Bertz CT molecular complexity index is 582. The van der Waals surface area contributed by atoms with E-state index >= 15 is 0 Å². The molecule has 0 saturated carbocycles. The Hall–Kier alpha value is -1.46. The number of likely N-dealkylation sites (N-methyl/N-ethyl adjacent to an activating group) is 1. The summed E-state index contributed by atoms with van der Waals surface area (Å²) in [6, 6.07) is 7.49. The minimum Gasteiger partial charge on any atom is -0.338 e. The van der Waals surface area contributed by atoms with E-state index in [0.717, 1.165) is 15.2 Å². The summed E-state index contributed by atoms with van der Waals surface area (Å²) in [5.74, 6) is -0.0447. The summed E-state index contributed by atoms with van der Waals surface area (Å²) >= 11 is 1.62. The fraction of sp³-hybridized carbons (Fsp3) is 0.467. The van der Waals surface area contributed by atoms with Crippen LogP contribution in [0, 0.1) is 5.41 Å². The lowest BCUT2D eigenvalue weighted by Gasteiger charge is -2.29. The van der Waals surface area contributed by atoms with Gasteiger partial charge >= 0.3 is 0 Å². The van der Waals surface area contributed by atoms with Crippen LogP contribution in [0.3, 0.4) is 0 Å². The monoisotopic (exact) mass is 291 g/mol. The van der Waals surface area contributed by atoms with Crippen molar-refractivity contribution < 1.29 is 4.79 Å². The lowest BCUT2D eigenvalue weighted by Crippen LogP contribution is -2.48. The summed E-state index contributed by atoms with van der Waals surface area (Å²) in [4.78, 5) is 18.5. The highest BCUT2D eigenvalue weighted by Gasteiger charge is 2.29. The van der Waals surface area contributed by atoms with Crippen LogP contribution >= 0.6 is 11.3 Å². The Morgan fingerprint density at radius 3 is 2.65 bits per heavy atom. The third kappa shape index (κ3) is 3.16. The van der Waals surface area contributed by atoms with Crippen molar-refractivity contribution in [3.05, 3.63) is 29.3 Å². The number of benzene rings is 1. The maximum Gasteiger partial charge on any atom is 0.240 e. The number of nitrogens with two attached hydrogens (primary N) is 1. The largest absolute Gasteiger partial charge is 0.338 e. The first-order chi connectivity index (χ1) is 9.29. The van der Waals surface area contributed by atoms with Gasteiger partial charge in [-0.25, -0.2) is 4.98 Å². The zero-order chi connectivity index (χ0) is 14.9. The molecule has 1 aromatic carbocycles. The quantitative estimate of drug-likeness (QED) is 0.945. The Morgan fingerprint density at radius 2 is 2.05 bits per heavy atom. The molecular weight excluding hydrogens is 270 g/mol. The number of carbonyl (C=O) groups excluding carboxylic acids is 1. The van der Waals surface area contributed by atoms with Crippen molar-refractivity contribution in [2.75, 3.05) is 7.05 Å². The number of fused-ring (bicyclic) bond motifs is 1. The molecule has 4 nitrogen and oxygen atoms in total. The van der Waals surface area contributed by atoms with Gasteiger partial charge in [-0.15, -0.1) is 11.3 Å². The van der Waals surface area contributed by atoms with E-state index in [0.29, 0.717) is 6.54 Å². The van der Waals surface area contributed by atoms with E-state index in [-0.39, 0.29) is 11.3 Å². The summed E-state index contributed by atoms with van der Waals surface area (Å²) in [7, 11) is 1.78. The van der Waals surface area contributed by atoms with Gasteiger partial charge in [0.05, 0.1) is 22.8 Å². The lowest BCUT2D eigenvalue weighted by molar-refractivity contribution is -0.134.